The lowest BCUT2D eigenvalue weighted by molar-refractivity contribution is 0.102. The van der Waals surface area contributed by atoms with Crippen molar-refractivity contribution < 1.29 is 37.5 Å². The highest BCUT2D eigenvalue weighted by Gasteiger charge is 2.33. The van der Waals surface area contributed by atoms with E-state index in [1.807, 2.05) is 4.90 Å². The van der Waals surface area contributed by atoms with Gasteiger partial charge in [-0.25, -0.2) is 23.9 Å². The van der Waals surface area contributed by atoms with Crippen LogP contribution in [0.15, 0.2) is 54.6 Å². The third kappa shape index (κ3) is 8.55. The summed E-state index contributed by atoms with van der Waals surface area (Å²) in [5.41, 5.74) is 3.43. The maximum Gasteiger partial charge on any atom is 0.415 e. The number of hydrogen-bond acceptors (Lipinski definition) is 10. The molecule has 13 nitrogen and oxygen atoms in total. The highest BCUT2D eigenvalue weighted by Crippen LogP contribution is 2.44. The molecule has 16 heteroatoms. The first-order valence-corrected chi connectivity index (χ1v) is 14.9. The van der Waals surface area contributed by atoms with Crippen molar-refractivity contribution in [3.63, 3.8) is 0 Å². The molecule has 0 fully saturated rings. The number of benzene rings is 2. The average molecular weight is 670 g/mol. The predicted octanol–water partition coefficient (Wildman–Crippen LogP) is 5.65. The van der Waals surface area contributed by atoms with Crippen molar-refractivity contribution in [2.45, 2.75) is 20.0 Å². The number of urea groups is 1. The summed E-state index contributed by atoms with van der Waals surface area (Å²) >= 11 is 1.06. The Kier molecular flexibility index (Phi) is 11.7. The normalized spacial score (nSPS) is 10.8. The minimum atomic E-state index is -0.915. The van der Waals surface area contributed by atoms with Crippen molar-refractivity contribution >= 4 is 45.9 Å². The molecule has 0 atom stereocenters. The van der Waals surface area contributed by atoms with E-state index in [-0.39, 0.29) is 41.0 Å². The van der Waals surface area contributed by atoms with Crippen molar-refractivity contribution in [2.75, 3.05) is 50.5 Å². The predicted molar refractivity (Wildman–Crippen MR) is 172 cm³/mol. The lowest BCUT2D eigenvalue weighted by atomic mass is 10.0. The zero-order valence-electron chi connectivity index (χ0n) is 26.2. The molecule has 2 aromatic heterocycles. The van der Waals surface area contributed by atoms with Gasteiger partial charge in [0.2, 0.25) is 5.88 Å². The SMILES string of the molecule is CCOC(=O)N(Cc1c(F)cccc1F)c1sc(-c2ccc(NC(=O)NOC)cc2)c(CN(C)C)c1C(=O)Nc1ccc(OC)nn1. The number of nitrogens with zero attached hydrogens (tertiary/aromatic N) is 4. The highest BCUT2D eigenvalue weighted by atomic mass is 32.1. The van der Waals surface area contributed by atoms with Gasteiger partial charge in [0, 0.05) is 28.7 Å². The van der Waals surface area contributed by atoms with Crippen LogP contribution in [-0.2, 0) is 22.7 Å². The number of carbonyl (C=O) groups excluding carboxylic acids is 3. The number of thiophene rings is 1. The van der Waals surface area contributed by atoms with Gasteiger partial charge >= 0.3 is 12.1 Å². The van der Waals surface area contributed by atoms with E-state index in [2.05, 4.69) is 31.1 Å². The zero-order chi connectivity index (χ0) is 34.1. The van der Waals surface area contributed by atoms with Crippen molar-refractivity contribution in [1.29, 1.82) is 0 Å². The summed E-state index contributed by atoms with van der Waals surface area (Å²) in [6, 6.07) is 12.5. The standard InChI is InChI=1S/C31H33F2N7O6S/c1-6-46-31(43)40(17-20-22(32)8-7-9-23(20)33)29-26(28(41)35-24-14-15-25(44-4)37-36-24)21(16-39(2)3)27(47-29)18-10-12-19(13-11-18)34-30(42)38-45-5/h7-15H,6,16-17H2,1-5H3,(H2,34,38,42)(H,35,36,41). The van der Waals surface area contributed by atoms with Crippen LogP contribution < -0.4 is 25.8 Å². The molecule has 0 radical (unpaired) electrons. The summed E-state index contributed by atoms with van der Waals surface area (Å²) in [5, 5.41) is 13.3. The van der Waals surface area contributed by atoms with E-state index in [9.17, 15) is 23.2 Å². The van der Waals surface area contributed by atoms with Crippen molar-refractivity contribution in [3.8, 4) is 16.3 Å². The van der Waals surface area contributed by atoms with Gasteiger partial charge in [-0.1, -0.05) is 18.2 Å². The highest BCUT2D eigenvalue weighted by molar-refractivity contribution is 7.20. The fraction of sp³-hybridized carbons (Fsp3) is 0.258. The van der Waals surface area contributed by atoms with E-state index in [4.69, 9.17) is 9.47 Å². The summed E-state index contributed by atoms with van der Waals surface area (Å²) in [4.78, 5) is 47.6. The quantitative estimate of drug-likeness (QED) is 0.163. The lowest BCUT2D eigenvalue weighted by Gasteiger charge is -2.23. The van der Waals surface area contributed by atoms with Crippen molar-refractivity contribution in [3.05, 3.63) is 82.9 Å². The zero-order valence-corrected chi connectivity index (χ0v) is 27.0. The molecule has 2 aromatic carbocycles. The van der Waals surface area contributed by atoms with Gasteiger partial charge < -0.3 is 25.0 Å². The molecule has 4 rings (SSSR count). The molecular weight excluding hydrogens is 636 g/mol. The maximum absolute atomic E-state index is 14.9. The van der Waals surface area contributed by atoms with Crippen LogP contribution in [0.2, 0.25) is 0 Å². The summed E-state index contributed by atoms with van der Waals surface area (Å²) in [5.74, 6) is -2.07. The number of aromatic nitrogens is 2. The molecule has 0 unspecified atom stereocenters. The minimum absolute atomic E-state index is 0.0358. The topological polar surface area (TPSA) is 147 Å². The van der Waals surface area contributed by atoms with E-state index in [1.54, 1.807) is 45.3 Å². The van der Waals surface area contributed by atoms with E-state index in [0.717, 1.165) is 28.4 Å². The molecule has 0 aliphatic carbocycles. The molecule has 0 saturated carbocycles. The number of ether oxygens (including phenoxy) is 2. The number of rotatable bonds is 12. The van der Waals surface area contributed by atoms with Gasteiger partial charge in [-0.05, 0) is 62.5 Å². The summed E-state index contributed by atoms with van der Waals surface area (Å²) in [6.07, 6.45) is -0.915. The van der Waals surface area contributed by atoms with E-state index >= 15 is 0 Å². The smallest absolute Gasteiger partial charge is 0.415 e. The van der Waals surface area contributed by atoms with Crippen LogP contribution in [0.1, 0.15) is 28.4 Å². The number of hydrogen-bond donors (Lipinski definition) is 3. The molecule has 0 aliphatic heterocycles. The molecular formula is C31H33F2N7O6S. The minimum Gasteiger partial charge on any atom is -0.480 e. The third-order valence-electron chi connectivity index (χ3n) is 6.49. The Labute approximate surface area is 273 Å². The summed E-state index contributed by atoms with van der Waals surface area (Å²) in [6.45, 7) is 1.21. The van der Waals surface area contributed by atoms with Crippen LogP contribution >= 0.6 is 11.3 Å². The Balaban J connectivity index is 1.91. The van der Waals surface area contributed by atoms with Gasteiger partial charge in [-0.2, -0.15) is 0 Å². The largest absolute Gasteiger partial charge is 0.480 e. The van der Waals surface area contributed by atoms with E-state index < -0.39 is 36.2 Å². The first-order chi connectivity index (χ1) is 22.6. The number of nitrogens with one attached hydrogen (secondary N) is 3. The Morgan fingerprint density at radius 2 is 1.60 bits per heavy atom. The maximum atomic E-state index is 14.9. The first kappa shape index (κ1) is 34.7. The van der Waals surface area contributed by atoms with Gasteiger partial charge in [0.15, 0.2) is 5.82 Å². The number of methoxy groups -OCH3 is 1. The second-order valence-electron chi connectivity index (χ2n) is 10.1. The molecule has 248 valence electrons. The summed E-state index contributed by atoms with van der Waals surface area (Å²) < 4.78 is 40.2. The fourth-order valence-electron chi connectivity index (χ4n) is 4.47. The monoisotopic (exact) mass is 669 g/mol. The Hall–Kier alpha value is -5.19. The summed E-state index contributed by atoms with van der Waals surface area (Å²) in [7, 11) is 6.33. The van der Waals surface area contributed by atoms with Gasteiger partial charge in [-0.15, -0.1) is 21.5 Å². The lowest BCUT2D eigenvalue weighted by Crippen LogP contribution is -2.33. The van der Waals surface area contributed by atoms with Crippen LogP contribution in [0.3, 0.4) is 0 Å². The number of anilines is 3. The number of carbonyl (C=O) groups is 3. The molecule has 0 bridgehead atoms. The Morgan fingerprint density at radius 3 is 2.17 bits per heavy atom. The average Bonchev–Trinajstić information content (AvgIpc) is 3.39. The van der Waals surface area contributed by atoms with E-state index in [1.165, 1.54) is 32.4 Å². The Morgan fingerprint density at radius 1 is 0.894 bits per heavy atom. The molecule has 2 heterocycles. The number of amides is 4. The van der Waals surface area contributed by atoms with Gasteiger partial charge in [0.25, 0.3) is 5.91 Å². The number of halogens is 2. The van der Waals surface area contributed by atoms with Gasteiger partial charge in [0.05, 0.1) is 32.9 Å². The molecule has 47 heavy (non-hydrogen) atoms. The van der Waals surface area contributed by atoms with Crippen LogP contribution in [0.25, 0.3) is 10.4 Å². The first-order valence-electron chi connectivity index (χ1n) is 14.1. The molecule has 0 aliphatic rings. The molecule has 0 spiro atoms. The van der Waals surface area contributed by atoms with E-state index in [0.29, 0.717) is 21.7 Å². The van der Waals surface area contributed by atoms with Crippen LogP contribution in [-0.4, -0.2) is 68.1 Å². The van der Waals surface area contributed by atoms with Crippen LogP contribution in [0.5, 0.6) is 5.88 Å². The van der Waals surface area contributed by atoms with Crippen LogP contribution in [0.4, 0.5) is 34.9 Å². The van der Waals surface area contributed by atoms with Crippen LogP contribution in [0, 0.1) is 11.6 Å². The molecule has 0 saturated heterocycles. The van der Waals surface area contributed by atoms with Gasteiger partial charge in [-0.3, -0.25) is 14.5 Å². The Bertz CT molecular complexity index is 1700. The molecule has 4 aromatic rings. The third-order valence-corrected chi connectivity index (χ3v) is 7.80. The van der Waals surface area contributed by atoms with Gasteiger partial charge in [0.1, 0.15) is 16.6 Å². The second-order valence-corrected chi connectivity index (χ2v) is 11.1. The molecule has 4 amide bonds. The number of hydroxylamine groups is 1. The second kappa shape index (κ2) is 15.9. The van der Waals surface area contributed by atoms with Crippen molar-refractivity contribution in [2.24, 2.45) is 0 Å². The molecule has 3 N–H and O–H groups in total. The fourth-order valence-corrected chi connectivity index (χ4v) is 5.77. The van der Waals surface area contributed by atoms with Crippen molar-refractivity contribution in [1.82, 2.24) is 20.6 Å².